The number of esters is 1. The largest absolute Gasteiger partial charge is 0.452 e. The van der Waals surface area contributed by atoms with Crippen LogP contribution in [0.3, 0.4) is 0 Å². The lowest BCUT2D eigenvalue weighted by atomic mass is 10.1. The molecule has 1 N–H and O–H groups in total. The number of carbonyl (C=O) groups is 2. The molecule has 0 spiro atoms. The Hall–Kier alpha value is -1.85. The van der Waals surface area contributed by atoms with Crippen LogP contribution in [0.25, 0.3) is 0 Å². The minimum absolute atomic E-state index is 0.191. The number of halogens is 1. The number of carbonyl (C=O) groups excluding carboxylic acids is 2. The molecule has 0 bridgehead atoms. The summed E-state index contributed by atoms with van der Waals surface area (Å²) in [6, 6.07) is 8.80. The van der Waals surface area contributed by atoms with Crippen molar-refractivity contribution in [2.24, 2.45) is 0 Å². The molecule has 1 aromatic heterocycles. The van der Waals surface area contributed by atoms with Crippen molar-refractivity contribution in [3.8, 4) is 0 Å². The molecular weight excluding hydrogens is 334 g/mol. The summed E-state index contributed by atoms with van der Waals surface area (Å²) in [4.78, 5) is 25.8. The summed E-state index contributed by atoms with van der Waals surface area (Å²) in [6.45, 7) is 5.34. The van der Waals surface area contributed by atoms with Crippen molar-refractivity contribution in [1.29, 1.82) is 0 Å². The third-order valence-electron chi connectivity index (χ3n) is 3.34. The SMILES string of the molecule is Cc1cc(C(=O)OCC(=O)N[C@H](C)c2ccc(Cl)cc2)c(C)s1. The van der Waals surface area contributed by atoms with E-state index in [2.05, 4.69) is 5.32 Å². The molecule has 4 nitrogen and oxygen atoms in total. The van der Waals surface area contributed by atoms with Gasteiger partial charge in [-0.05, 0) is 44.5 Å². The van der Waals surface area contributed by atoms with Gasteiger partial charge in [-0.1, -0.05) is 23.7 Å². The molecule has 0 aliphatic heterocycles. The van der Waals surface area contributed by atoms with Crippen LogP contribution in [-0.4, -0.2) is 18.5 Å². The van der Waals surface area contributed by atoms with E-state index in [1.54, 1.807) is 18.2 Å². The fourth-order valence-corrected chi connectivity index (χ4v) is 3.20. The van der Waals surface area contributed by atoms with Gasteiger partial charge in [-0.3, -0.25) is 4.79 Å². The predicted octanol–water partition coefficient (Wildman–Crippen LogP) is 4.05. The first kappa shape index (κ1) is 17.5. The van der Waals surface area contributed by atoms with Crippen molar-refractivity contribution in [2.75, 3.05) is 6.61 Å². The molecule has 1 atom stereocenters. The monoisotopic (exact) mass is 351 g/mol. The lowest BCUT2D eigenvalue weighted by Gasteiger charge is -2.14. The van der Waals surface area contributed by atoms with Gasteiger partial charge in [-0.2, -0.15) is 0 Å². The van der Waals surface area contributed by atoms with Crippen molar-refractivity contribution in [2.45, 2.75) is 26.8 Å². The third-order valence-corrected chi connectivity index (χ3v) is 4.56. The average molecular weight is 352 g/mol. The van der Waals surface area contributed by atoms with Crippen LogP contribution in [-0.2, 0) is 9.53 Å². The Labute approximate surface area is 144 Å². The number of nitrogens with one attached hydrogen (secondary N) is 1. The molecule has 0 aliphatic rings. The molecule has 1 aromatic carbocycles. The Morgan fingerprint density at radius 3 is 2.48 bits per heavy atom. The molecule has 0 radical (unpaired) electrons. The third kappa shape index (κ3) is 4.81. The maximum Gasteiger partial charge on any atom is 0.339 e. The van der Waals surface area contributed by atoms with E-state index in [4.69, 9.17) is 16.3 Å². The van der Waals surface area contributed by atoms with Crippen molar-refractivity contribution >= 4 is 34.8 Å². The van der Waals surface area contributed by atoms with Crippen LogP contribution in [0.15, 0.2) is 30.3 Å². The molecule has 0 saturated carbocycles. The highest BCUT2D eigenvalue weighted by molar-refractivity contribution is 7.12. The van der Waals surface area contributed by atoms with E-state index >= 15 is 0 Å². The maximum absolute atomic E-state index is 12.0. The fraction of sp³-hybridized carbons (Fsp3) is 0.294. The number of amides is 1. The van der Waals surface area contributed by atoms with Crippen LogP contribution in [0.1, 0.15) is 38.6 Å². The van der Waals surface area contributed by atoms with Crippen LogP contribution in [0.4, 0.5) is 0 Å². The van der Waals surface area contributed by atoms with E-state index in [0.29, 0.717) is 10.6 Å². The second kappa shape index (κ2) is 7.62. The number of aryl methyl sites for hydroxylation is 2. The molecule has 0 saturated heterocycles. The van der Waals surface area contributed by atoms with Crippen LogP contribution in [0.2, 0.25) is 5.02 Å². The van der Waals surface area contributed by atoms with Gasteiger partial charge in [0.2, 0.25) is 0 Å². The Morgan fingerprint density at radius 1 is 1.26 bits per heavy atom. The molecule has 6 heteroatoms. The maximum atomic E-state index is 12.0. The molecule has 122 valence electrons. The quantitative estimate of drug-likeness (QED) is 0.827. The molecular formula is C17H18ClNO3S. The standard InChI is InChI=1S/C17H18ClNO3S/c1-10-8-15(12(3)23-10)17(21)22-9-16(20)19-11(2)13-4-6-14(18)7-5-13/h4-8,11H,9H2,1-3H3,(H,19,20)/t11-/m1/s1. The van der Waals surface area contributed by atoms with Crippen LogP contribution < -0.4 is 5.32 Å². The summed E-state index contributed by atoms with van der Waals surface area (Å²) < 4.78 is 5.07. The highest BCUT2D eigenvalue weighted by Gasteiger charge is 2.16. The zero-order valence-corrected chi connectivity index (χ0v) is 14.8. The Kier molecular flexibility index (Phi) is 5.80. The van der Waals surface area contributed by atoms with Crippen molar-refractivity contribution in [3.63, 3.8) is 0 Å². The Balaban J connectivity index is 1.86. The fourth-order valence-electron chi connectivity index (χ4n) is 2.16. The number of rotatable bonds is 5. The molecule has 0 fully saturated rings. The lowest BCUT2D eigenvalue weighted by molar-refractivity contribution is -0.124. The van der Waals surface area contributed by atoms with Gasteiger partial charge in [0.1, 0.15) is 0 Å². The first-order valence-electron chi connectivity index (χ1n) is 7.16. The molecule has 2 rings (SSSR count). The minimum atomic E-state index is -0.471. The van der Waals surface area contributed by atoms with E-state index in [1.807, 2.05) is 32.9 Å². The number of ether oxygens (including phenoxy) is 1. The predicted molar refractivity (Wildman–Crippen MR) is 92.1 cm³/mol. The molecule has 1 heterocycles. The number of hydrogen-bond acceptors (Lipinski definition) is 4. The van der Waals surface area contributed by atoms with Gasteiger partial charge in [-0.15, -0.1) is 11.3 Å². The van der Waals surface area contributed by atoms with E-state index in [1.165, 1.54) is 11.3 Å². The van der Waals surface area contributed by atoms with E-state index in [0.717, 1.165) is 15.3 Å². The zero-order chi connectivity index (χ0) is 17.0. The summed E-state index contributed by atoms with van der Waals surface area (Å²) in [5.74, 6) is -0.813. The summed E-state index contributed by atoms with van der Waals surface area (Å²) in [5.41, 5.74) is 1.45. The van der Waals surface area contributed by atoms with Crippen molar-refractivity contribution in [1.82, 2.24) is 5.32 Å². The number of hydrogen-bond donors (Lipinski definition) is 1. The summed E-state index contributed by atoms with van der Waals surface area (Å²) in [6.07, 6.45) is 0. The van der Waals surface area contributed by atoms with Gasteiger partial charge in [0, 0.05) is 14.8 Å². The molecule has 0 unspecified atom stereocenters. The topological polar surface area (TPSA) is 55.4 Å². The zero-order valence-electron chi connectivity index (χ0n) is 13.2. The highest BCUT2D eigenvalue weighted by Crippen LogP contribution is 2.21. The van der Waals surface area contributed by atoms with Gasteiger partial charge < -0.3 is 10.1 Å². The minimum Gasteiger partial charge on any atom is -0.452 e. The Bertz CT molecular complexity index is 709. The van der Waals surface area contributed by atoms with Crippen LogP contribution >= 0.6 is 22.9 Å². The van der Waals surface area contributed by atoms with E-state index < -0.39 is 5.97 Å². The van der Waals surface area contributed by atoms with Gasteiger partial charge in [0.25, 0.3) is 5.91 Å². The van der Waals surface area contributed by atoms with Gasteiger partial charge >= 0.3 is 5.97 Å². The van der Waals surface area contributed by atoms with E-state index in [-0.39, 0.29) is 18.6 Å². The number of benzene rings is 1. The molecule has 1 amide bonds. The summed E-state index contributed by atoms with van der Waals surface area (Å²) in [7, 11) is 0. The summed E-state index contributed by atoms with van der Waals surface area (Å²) in [5, 5.41) is 3.43. The Morgan fingerprint density at radius 2 is 1.91 bits per heavy atom. The second-order valence-corrected chi connectivity index (χ2v) is 7.14. The first-order chi connectivity index (χ1) is 10.9. The normalized spacial score (nSPS) is 11.8. The van der Waals surface area contributed by atoms with Gasteiger partial charge in [-0.25, -0.2) is 4.79 Å². The second-order valence-electron chi connectivity index (χ2n) is 5.24. The lowest BCUT2D eigenvalue weighted by Crippen LogP contribution is -2.31. The van der Waals surface area contributed by atoms with Crippen molar-refractivity contribution < 1.29 is 14.3 Å². The van der Waals surface area contributed by atoms with Crippen LogP contribution in [0, 0.1) is 13.8 Å². The van der Waals surface area contributed by atoms with Crippen molar-refractivity contribution in [3.05, 3.63) is 56.2 Å². The van der Waals surface area contributed by atoms with Crippen LogP contribution in [0.5, 0.6) is 0 Å². The molecule has 0 aliphatic carbocycles. The van der Waals surface area contributed by atoms with Gasteiger partial charge in [0.15, 0.2) is 6.61 Å². The smallest absolute Gasteiger partial charge is 0.339 e. The average Bonchev–Trinajstić information content (AvgIpc) is 2.84. The molecule has 23 heavy (non-hydrogen) atoms. The van der Waals surface area contributed by atoms with Gasteiger partial charge in [0.05, 0.1) is 11.6 Å². The molecule has 2 aromatic rings. The summed E-state index contributed by atoms with van der Waals surface area (Å²) >= 11 is 7.36. The van der Waals surface area contributed by atoms with E-state index in [9.17, 15) is 9.59 Å². The number of thiophene rings is 1. The first-order valence-corrected chi connectivity index (χ1v) is 8.35. The highest BCUT2D eigenvalue weighted by atomic mass is 35.5.